The van der Waals surface area contributed by atoms with Crippen LogP contribution < -0.4 is 10.6 Å². The Labute approximate surface area is 107 Å². The molecule has 0 amide bonds. The maximum atomic E-state index is 4.98. The van der Waals surface area contributed by atoms with Crippen molar-refractivity contribution in [2.24, 2.45) is 4.99 Å². The summed E-state index contributed by atoms with van der Waals surface area (Å²) >= 11 is 0. The number of nitrogens with one attached hydrogen (secondary N) is 2. The standard InChI is InChI=1S/C11H21N5O2/c1-4-12-11(13-6-5-7-17-3)14-8-10-15-9(2)18-16-10/h4-8H2,1-3H3,(H2,12,13,14). The van der Waals surface area contributed by atoms with Crippen molar-refractivity contribution in [3.05, 3.63) is 11.7 Å². The molecule has 102 valence electrons. The van der Waals surface area contributed by atoms with E-state index in [1.807, 2.05) is 6.92 Å². The Kier molecular flexibility index (Phi) is 6.78. The lowest BCUT2D eigenvalue weighted by Crippen LogP contribution is -2.38. The molecule has 0 spiro atoms. The van der Waals surface area contributed by atoms with Gasteiger partial charge in [-0.2, -0.15) is 4.98 Å². The summed E-state index contributed by atoms with van der Waals surface area (Å²) in [5, 5.41) is 10.1. The molecule has 2 N–H and O–H groups in total. The molecule has 1 heterocycles. The van der Waals surface area contributed by atoms with Gasteiger partial charge in [-0.25, -0.2) is 4.99 Å². The van der Waals surface area contributed by atoms with E-state index in [1.54, 1.807) is 14.0 Å². The predicted octanol–water partition coefficient (Wildman–Crippen LogP) is 0.470. The van der Waals surface area contributed by atoms with Crippen LogP contribution in [0.4, 0.5) is 0 Å². The van der Waals surface area contributed by atoms with Crippen LogP contribution in [0.15, 0.2) is 9.52 Å². The number of nitrogens with zero attached hydrogens (tertiary/aromatic N) is 3. The van der Waals surface area contributed by atoms with E-state index in [1.165, 1.54) is 0 Å². The number of methoxy groups -OCH3 is 1. The Bertz CT molecular complexity index is 364. The average Bonchev–Trinajstić information content (AvgIpc) is 2.77. The molecule has 0 radical (unpaired) electrons. The molecular formula is C11H21N5O2. The van der Waals surface area contributed by atoms with Gasteiger partial charge in [0.2, 0.25) is 5.89 Å². The zero-order valence-corrected chi connectivity index (χ0v) is 11.2. The van der Waals surface area contributed by atoms with Gasteiger partial charge in [-0.15, -0.1) is 0 Å². The topological polar surface area (TPSA) is 84.6 Å². The van der Waals surface area contributed by atoms with Crippen LogP contribution in [0.3, 0.4) is 0 Å². The number of guanidine groups is 1. The summed E-state index contributed by atoms with van der Waals surface area (Å²) in [4.78, 5) is 8.46. The highest BCUT2D eigenvalue weighted by Gasteiger charge is 2.02. The predicted molar refractivity (Wildman–Crippen MR) is 68.3 cm³/mol. The van der Waals surface area contributed by atoms with E-state index in [9.17, 15) is 0 Å². The fourth-order valence-electron chi connectivity index (χ4n) is 1.32. The molecule has 18 heavy (non-hydrogen) atoms. The van der Waals surface area contributed by atoms with Crippen LogP contribution in [0.1, 0.15) is 25.1 Å². The SMILES string of the molecule is CCNC(=NCc1noc(C)n1)NCCCOC. The van der Waals surface area contributed by atoms with E-state index >= 15 is 0 Å². The molecule has 1 aromatic heterocycles. The molecule has 0 aliphatic rings. The van der Waals surface area contributed by atoms with E-state index in [-0.39, 0.29) is 0 Å². The van der Waals surface area contributed by atoms with Crippen LogP contribution in [0.2, 0.25) is 0 Å². The van der Waals surface area contributed by atoms with Crippen molar-refractivity contribution in [3.8, 4) is 0 Å². The molecular weight excluding hydrogens is 234 g/mol. The third-order valence-electron chi connectivity index (χ3n) is 2.11. The van der Waals surface area contributed by atoms with Crippen molar-refractivity contribution in [1.82, 2.24) is 20.8 Å². The fraction of sp³-hybridized carbons (Fsp3) is 0.727. The highest BCUT2D eigenvalue weighted by atomic mass is 16.5. The molecule has 7 nitrogen and oxygen atoms in total. The molecule has 0 aliphatic carbocycles. The van der Waals surface area contributed by atoms with Crippen molar-refractivity contribution < 1.29 is 9.26 Å². The normalized spacial score (nSPS) is 11.6. The van der Waals surface area contributed by atoms with Gasteiger partial charge in [-0.05, 0) is 13.3 Å². The second-order valence-electron chi connectivity index (χ2n) is 3.70. The second-order valence-corrected chi connectivity index (χ2v) is 3.70. The first-order valence-corrected chi connectivity index (χ1v) is 6.06. The highest BCUT2D eigenvalue weighted by Crippen LogP contribution is 1.96. The maximum absolute atomic E-state index is 4.98. The molecule has 0 aliphatic heterocycles. The summed E-state index contributed by atoms with van der Waals surface area (Å²) < 4.78 is 9.87. The van der Waals surface area contributed by atoms with Crippen LogP contribution in [-0.2, 0) is 11.3 Å². The molecule has 0 unspecified atom stereocenters. The Hall–Kier alpha value is -1.63. The van der Waals surface area contributed by atoms with Gasteiger partial charge in [-0.1, -0.05) is 5.16 Å². The van der Waals surface area contributed by atoms with Crippen molar-refractivity contribution in [3.63, 3.8) is 0 Å². The van der Waals surface area contributed by atoms with E-state index < -0.39 is 0 Å². The Morgan fingerprint density at radius 1 is 1.44 bits per heavy atom. The molecule has 1 aromatic rings. The zero-order valence-electron chi connectivity index (χ0n) is 11.2. The summed E-state index contributed by atoms with van der Waals surface area (Å²) in [5.41, 5.74) is 0. The van der Waals surface area contributed by atoms with Crippen LogP contribution >= 0.6 is 0 Å². The third kappa shape index (κ3) is 5.62. The monoisotopic (exact) mass is 255 g/mol. The first-order valence-electron chi connectivity index (χ1n) is 6.06. The third-order valence-corrected chi connectivity index (χ3v) is 2.11. The lowest BCUT2D eigenvalue weighted by molar-refractivity contribution is 0.195. The molecule has 0 saturated carbocycles. The van der Waals surface area contributed by atoms with Crippen LogP contribution in [-0.4, -0.2) is 42.9 Å². The molecule has 0 aromatic carbocycles. The van der Waals surface area contributed by atoms with Gasteiger partial charge >= 0.3 is 0 Å². The number of aliphatic imine (C=N–C) groups is 1. The summed E-state index contributed by atoms with van der Waals surface area (Å²) in [6, 6.07) is 0. The maximum Gasteiger partial charge on any atom is 0.223 e. The van der Waals surface area contributed by atoms with Gasteiger partial charge in [0.05, 0.1) is 0 Å². The molecule has 0 saturated heterocycles. The van der Waals surface area contributed by atoms with Gasteiger partial charge in [0.25, 0.3) is 0 Å². The van der Waals surface area contributed by atoms with Crippen LogP contribution in [0, 0.1) is 6.92 Å². The van der Waals surface area contributed by atoms with Gasteiger partial charge in [0.15, 0.2) is 11.8 Å². The number of hydrogen-bond acceptors (Lipinski definition) is 5. The van der Waals surface area contributed by atoms with E-state index in [0.29, 0.717) is 18.3 Å². The van der Waals surface area contributed by atoms with Gasteiger partial charge < -0.3 is 19.9 Å². The number of hydrogen-bond donors (Lipinski definition) is 2. The summed E-state index contributed by atoms with van der Waals surface area (Å²) in [7, 11) is 1.69. The Morgan fingerprint density at radius 2 is 2.28 bits per heavy atom. The molecule has 1 rings (SSSR count). The molecule has 0 fully saturated rings. The minimum absolute atomic E-state index is 0.400. The quantitative estimate of drug-likeness (QED) is 0.418. The molecule has 7 heteroatoms. The highest BCUT2D eigenvalue weighted by molar-refractivity contribution is 5.79. The van der Waals surface area contributed by atoms with Gasteiger partial charge in [0.1, 0.15) is 6.54 Å². The lowest BCUT2D eigenvalue weighted by Gasteiger charge is -2.10. The van der Waals surface area contributed by atoms with Crippen LogP contribution in [0.5, 0.6) is 0 Å². The smallest absolute Gasteiger partial charge is 0.223 e. The van der Waals surface area contributed by atoms with Crippen molar-refractivity contribution in [2.45, 2.75) is 26.8 Å². The number of rotatable bonds is 7. The fourth-order valence-corrected chi connectivity index (χ4v) is 1.32. The summed E-state index contributed by atoms with van der Waals surface area (Å²) in [6.07, 6.45) is 0.933. The van der Waals surface area contributed by atoms with Crippen LogP contribution in [0.25, 0.3) is 0 Å². The number of aryl methyl sites for hydroxylation is 1. The number of aromatic nitrogens is 2. The Morgan fingerprint density at radius 3 is 2.89 bits per heavy atom. The van der Waals surface area contributed by atoms with Crippen molar-refractivity contribution in [2.75, 3.05) is 26.8 Å². The first kappa shape index (κ1) is 14.4. The molecule has 0 atom stereocenters. The zero-order chi connectivity index (χ0) is 13.2. The Balaban J connectivity index is 2.39. The van der Waals surface area contributed by atoms with Gasteiger partial charge in [-0.3, -0.25) is 0 Å². The second kappa shape index (κ2) is 8.46. The van der Waals surface area contributed by atoms with Gasteiger partial charge in [0, 0.05) is 33.7 Å². The van der Waals surface area contributed by atoms with Crippen molar-refractivity contribution >= 4 is 5.96 Å². The largest absolute Gasteiger partial charge is 0.385 e. The van der Waals surface area contributed by atoms with E-state index in [2.05, 4.69) is 25.8 Å². The average molecular weight is 255 g/mol. The first-order chi connectivity index (χ1) is 8.76. The summed E-state index contributed by atoms with van der Waals surface area (Å²) in [6.45, 7) is 6.53. The van der Waals surface area contributed by atoms with Crippen molar-refractivity contribution in [1.29, 1.82) is 0 Å². The minimum Gasteiger partial charge on any atom is -0.385 e. The lowest BCUT2D eigenvalue weighted by atomic mass is 10.4. The summed E-state index contributed by atoms with van der Waals surface area (Å²) in [5.74, 6) is 1.89. The minimum atomic E-state index is 0.400. The molecule has 0 bridgehead atoms. The van der Waals surface area contributed by atoms with E-state index in [4.69, 9.17) is 9.26 Å². The van der Waals surface area contributed by atoms with E-state index in [0.717, 1.165) is 32.1 Å². The number of ether oxygens (including phenoxy) is 1.